The highest BCUT2D eigenvalue weighted by atomic mass is 35.5. The summed E-state index contributed by atoms with van der Waals surface area (Å²) < 4.78 is 44.6. The molecule has 0 radical (unpaired) electrons. The summed E-state index contributed by atoms with van der Waals surface area (Å²) in [5, 5.41) is 31.1. The lowest BCUT2D eigenvalue weighted by molar-refractivity contribution is -0.144. The Hall–Kier alpha value is -6.12. The van der Waals surface area contributed by atoms with Crippen LogP contribution < -0.4 is 31.3 Å². The van der Waals surface area contributed by atoms with Crippen molar-refractivity contribution in [2.24, 2.45) is 5.41 Å². The molecule has 22 heteroatoms. The van der Waals surface area contributed by atoms with Gasteiger partial charge in [0, 0.05) is 86.6 Å². The van der Waals surface area contributed by atoms with Gasteiger partial charge in [0.05, 0.1) is 50.1 Å². The summed E-state index contributed by atoms with van der Waals surface area (Å²) in [5.74, 6) is -2.01. The summed E-state index contributed by atoms with van der Waals surface area (Å²) in [6.45, 7) is 13.0. The minimum atomic E-state index is -0.965. The number of nitriles is 1. The average molecular weight is 1120 g/mol. The normalized spacial score (nSPS) is 21.2. The number of ether oxygens (including phenoxy) is 2. The maximum Gasteiger partial charge on any atom is 0.319 e. The molecule has 3 aromatic carbocycles. The first-order valence-corrected chi connectivity index (χ1v) is 28.6. The number of β-amino-alcohol motifs (C(OH)–C–C–N with tert-alkyl or cyclic N) is 1. The van der Waals surface area contributed by atoms with E-state index in [0.29, 0.717) is 43.9 Å². The number of halogens is 3. The number of aryl methyl sites for hydroxylation is 1. The van der Waals surface area contributed by atoms with Gasteiger partial charge in [-0.3, -0.25) is 19.3 Å². The maximum atomic E-state index is 17.2. The van der Waals surface area contributed by atoms with Crippen LogP contribution in [-0.4, -0.2) is 136 Å². The third kappa shape index (κ3) is 11.4. The zero-order valence-corrected chi connectivity index (χ0v) is 46.6. The monoisotopic (exact) mass is 1120 g/mol. The summed E-state index contributed by atoms with van der Waals surface area (Å²) in [5.41, 5.74) is 10.4. The van der Waals surface area contributed by atoms with E-state index in [-0.39, 0.29) is 117 Å². The highest BCUT2D eigenvalue weighted by molar-refractivity contribution is 7.23. The highest BCUT2D eigenvalue weighted by Gasteiger charge is 2.45. The number of piperazine rings is 1. The number of nitrogen functional groups attached to an aromatic ring is 1. The van der Waals surface area contributed by atoms with Gasteiger partial charge < -0.3 is 46.1 Å². The number of nitrogens with two attached hydrogens (primary N) is 1. The molecule has 7 heterocycles. The Balaban J connectivity index is 0.726. The number of fused-ring (bicyclic) bond motifs is 4. The molecule has 17 nitrogen and oxygen atoms in total. The molecule has 0 saturated carbocycles. The number of carbonyl (C=O) groups is 3. The van der Waals surface area contributed by atoms with Gasteiger partial charge in [-0.15, -0.1) is 22.7 Å². The Labute approximate surface area is 464 Å². The van der Waals surface area contributed by atoms with Crippen molar-refractivity contribution in [2.75, 3.05) is 63.2 Å². The quantitative estimate of drug-likeness (QED) is 0.0517. The second-order valence-corrected chi connectivity index (χ2v) is 24.3. The van der Waals surface area contributed by atoms with Crippen LogP contribution in [0.5, 0.6) is 6.01 Å². The zero-order chi connectivity index (χ0) is 55.2. The van der Waals surface area contributed by atoms with Crippen molar-refractivity contribution >= 4 is 83.8 Å². The first-order chi connectivity index (χ1) is 37.4. The van der Waals surface area contributed by atoms with E-state index >= 15 is 8.78 Å². The maximum absolute atomic E-state index is 17.2. The molecular weight excluding hydrogens is 1060 g/mol. The Morgan fingerprint density at radius 2 is 1.81 bits per heavy atom. The van der Waals surface area contributed by atoms with Crippen LogP contribution in [0.1, 0.15) is 89.1 Å². The number of carbonyl (C=O) groups excluding carboxylic acids is 3. The number of aliphatic hydroxyl groups excluding tert-OH is 1. The largest absolute Gasteiger partial charge is 0.462 e. The number of nitrogens with one attached hydrogen (secondary N) is 3. The predicted octanol–water partition coefficient (Wildman–Crippen LogP) is 7.89. The molecule has 7 atom stereocenters. The van der Waals surface area contributed by atoms with Crippen LogP contribution >= 0.6 is 34.3 Å². The lowest BCUT2D eigenvalue weighted by Crippen LogP contribution is -2.58. The van der Waals surface area contributed by atoms with Gasteiger partial charge in [0.25, 0.3) is 0 Å². The summed E-state index contributed by atoms with van der Waals surface area (Å²) >= 11 is 9.42. The number of thiophene rings is 1. The SMILES string of the molecule is Cc1ncsc1-c1ccc([C@H](C)NC(=O)[C@@H]2C[C@@H](O)CN2C(=O)[C@@H](NC(=O)CCOCCCN2CC[C@H]2COc2nc(N3CC4CCC(C3)N4)c3cc(Cl)c(-c4ccc(F)c5sc(N)c(C#N)c45)c(F)c3n2)C(C)(C)C)cc1. The van der Waals surface area contributed by atoms with Crippen molar-refractivity contribution in [3.63, 3.8) is 0 Å². The average Bonchev–Trinajstić information content (AvgIpc) is 4.35. The molecule has 0 aliphatic carbocycles. The number of likely N-dealkylation sites (tertiary alicyclic amines) is 2. The highest BCUT2D eigenvalue weighted by Crippen LogP contribution is 2.46. The van der Waals surface area contributed by atoms with Crippen molar-refractivity contribution in [1.82, 2.24) is 40.7 Å². The van der Waals surface area contributed by atoms with Gasteiger partial charge in [0.2, 0.25) is 17.7 Å². The van der Waals surface area contributed by atoms with Gasteiger partial charge in [-0.1, -0.05) is 62.7 Å². The van der Waals surface area contributed by atoms with Crippen LogP contribution in [0.2, 0.25) is 5.02 Å². The van der Waals surface area contributed by atoms with Crippen molar-refractivity contribution < 1.29 is 37.7 Å². The summed E-state index contributed by atoms with van der Waals surface area (Å²) in [7, 11) is 0. The fraction of sp³-hybridized carbons (Fsp3) is 0.482. The van der Waals surface area contributed by atoms with Crippen LogP contribution in [-0.2, 0) is 19.1 Å². The first kappa shape index (κ1) is 55.2. The third-order valence-corrected chi connectivity index (χ3v) is 17.8. The fourth-order valence-corrected chi connectivity index (χ4v) is 13.3. The number of rotatable bonds is 18. The molecule has 4 aliphatic heterocycles. The molecule has 0 spiro atoms. The number of nitrogens with zero attached hydrogens (tertiary/aromatic N) is 7. The van der Waals surface area contributed by atoms with E-state index in [0.717, 1.165) is 58.8 Å². The second-order valence-electron chi connectivity index (χ2n) is 22.0. The van der Waals surface area contributed by atoms with Gasteiger partial charge >= 0.3 is 6.01 Å². The Bertz CT molecular complexity index is 3280. The third-order valence-electron chi connectivity index (χ3n) is 15.5. The number of benzene rings is 3. The summed E-state index contributed by atoms with van der Waals surface area (Å²) in [6, 6.07) is 12.5. The van der Waals surface area contributed by atoms with Gasteiger partial charge in [-0.2, -0.15) is 15.2 Å². The molecule has 2 bridgehead atoms. The van der Waals surface area contributed by atoms with E-state index in [1.54, 1.807) is 17.4 Å². The molecule has 2 unspecified atom stereocenters. The van der Waals surface area contributed by atoms with Crippen molar-refractivity contribution in [3.05, 3.63) is 81.5 Å². The Morgan fingerprint density at radius 1 is 1.05 bits per heavy atom. The lowest BCUT2D eigenvalue weighted by Gasteiger charge is -2.40. The Morgan fingerprint density at radius 3 is 2.49 bits per heavy atom. The predicted molar refractivity (Wildman–Crippen MR) is 298 cm³/mol. The van der Waals surface area contributed by atoms with Crippen LogP contribution in [0.4, 0.5) is 19.6 Å². The smallest absolute Gasteiger partial charge is 0.319 e. The second kappa shape index (κ2) is 22.9. The molecule has 78 heavy (non-hydrogen) atoms. The number of amides is 3. The topological polar surface area (TPSA) is 224 Å². The molecular formula is C56H64ClF2N11O6S2. The van der Waals surface area contributed by atoms with E-state index in [1.807, 2.05) is 64.4 Å². The molecule has 10 rings (SSSR count). The van der Waals surface area contributed by atoms with E-state index < -0.39 is 41.1 Å². The van der Waals surface area contributed by atoms with Crippen LogP contribution in [0.25, 0.3) is 42.6 Å². The van der Waals surface area contributed by atoms with Gasteiger partial charge in [-0.25, -0.2) is 13.8 Å². The molecule has 3 aromatic heterocycles. The molecule has 4 saturated heterocycles. The van der Waals surface area contributed by atoms with E-state index in [2.05, 4.69) is 41.8 Å². The molecule has 6 aromatic rings. The van der Waals surface area contributed by atoms with E-state index in [9.17, 15) is 24.8 Å². The fourth-order valence-electron chi connectivity index (χ4n) is 11.2. The van der Waals surface area contributed by atoms with Gasteiger partial charge in [0.1, 0.15) is 46.9 Å². The number of anilines is 2. The number of aliphatic hydroxyl groups is 1. The van der Waals surface area contributed by atoms with Crippen molar-refractivity contribution in [3.8, 4) is 33.6 Å². The zero-order valence-electron chi connectivity index (χ0n) is 44.2. The number of thiazole rings is 1. The summed E-state index contributed by atoms with van der Waals surface area (Å²) in [4.78, 5) is 62.0. The summed E-state index contributed by atoms with van der Waals surface area (Å²) in [6.07, 6.45) is 2.76. The standard InChI is InChI=1S/C56H64ClF2N11O6S2/c1-29(31-7-9-32(10-8-31)48-30(2)62-28-77-48)63-53(73)42-21-36(71)26-70(42)54(74)50(56(3,4)5)65-43(72)16-20-75-19-6-17-68-18-15-35(68)27-76-55-66-47-38(52(67-55)69-24-33-11-12-34(25-69)64-33)22-40(57)45(46(47)59)37-13-14-41(58)49-44(37)39(23-60)51(61)78-49/h7-10,13-14,22,28-29,33-36,42,50,64,71H,6,11-12,15-21,24-27,61H2,1-5H3,(H,63,73)(H,65,72)/t29-,33?,34?,35-,36+,42-,50+/m0/s1. The van der Waals surface area contributed by atoms with Gasteiger partial charge in [0.15, 0.2) is 5.82 Å². The molecule has 4 aliphatic rings. The number of hydrogen-bond acceptors (Lipinski definition) is 16. The molecule has 4 fully saturated rings. The van der Waals surface area contributed by atoms with Crippen LogP contribution in [0.15, 0.2) is 48.0 Å². The number of aromatic nitrogens is 3. The molecule has 6 N–H and O–H groups in total. The molecule has 3 amide bonds. The minimum Gasteiger partial charge on any atom is -0.462 e. The lowest BCUT2D eigenvalue weighted by atomic mass is 9.85. The van der Waals surface area contributed by atoms with E-state index in [4.69, 9.17) is 31.8 Å². The van der Waals surface area contributed by atoms with Crippen LogP contribution in [0.3, 0.4) is 0 Å². The minimum absolute atomic E-state index is 0.00959. The number of hydrogen-bond donors (Lipinski definition) is 5. The van der Waals surface area contributed by atoms with Crippen molar-refractivity contribution in [2.45, 2.75) is 115 Å². The van der Waals surface area contributed by atoms with Crippen molar-refractivity contribution in [1.29, 1.82) is 5.26 Å². The van der Waals surface area contributed by atoms with Gasteiger partial charge in [-0.05, 0) is 73.8 Å². The van der Waals surface area contributed by atoms with Crippen LogP contribution in [0, 0.1) is 35.3 Å². The Kier molecular flexibility index (Phi) is 16.2. The first-order valence-electron chi connectivity index (χ1n) is 26.5. The van der Waals surface area contributed by atoms with E-state index in [1.165, 1.54) is 17.0 Å². The molecule has 412 valence electrons.